The smallest absolute Gasteiger partial charge is 0.317 e. The van der Waals surface area contributed by atoms with Crippen LogP contribution in [0.15, 0.2) is 0 Å². The lowest BCUT2D eigenvalue weighted by atomic mass is 9.63. The Balaban J connectivity index is 1.80. The predicted molar refractivity (Wildman–Crippen MR) is 67.7 cm³/mol. The van der Waals surface area contributed by atoms with Gasteiger partial charge >= 0.3 is 6.03 Å². The Morgan fingerprint density at radius 3 is 2.12 bits per heavy atom. The molecule has 0 aromatic carbocycles. The number of hydrogen-bond acceptors (Lipinski definition) is 1. The van der Waals surface area contributed by atoms with Gasteiger partial charge in [-0.15, -0.1) is 0 Å². The molecule has 4 rings (SSSR count). The van der Waals surface area contributed by atoms with Crippen LogP contribution < -0.4 is 5.32 Å². The van der Waals surface area contributed by atoms with Crippen molar-refractivity contribution in [2.45, 2.75) is 50.5 Å². The van der Waals surface area contributed by atoms with E-state index < -0.39 is 0 Å². The molecular weight excluding hydrogens is 212 g/mol. The van der Waals surface area contributed by atoms with Gasteiger partial charge < -0.3 is 10.2 Å². The molecule has 4 aliphatic rings. The molecule has 0 aromatic heterocycles. The van der Waals surface area contributed by atoms with Gasteiger partial charge in [0.25, 0.3) is 0 Å². The van der Waals surface area contributed by atoms with Crippen LogP contribution in [0, 0.1) is 17.8 Å². The first kappa shape index (κ1) is 11.4. The van der Waals surface area contributed by atoms with Gasteiger partial charge in [-0.2, -0.15) is 0 Å². The fourth-order valence-corrected chi connectivity index (χ4v) is 4.68. The number of carbonyl (C=O) groups is 1. The van der Waals surface area contributed by atoms with Crippen LogP contribution in [-0.2, 0) is 0 Å². The minimum Gasteiger partial charge on any atom is -0.333 e. The third-order valence-electron chi connectivity index (χ3n) is 5.13. The summed E-state index contributed by atoms with van der Waals surface area (Å²) in [7, 11) is 3.67. The van der Waals surface area contributed by atoms with E-state index in [1.165, 1.54) is 44.9 Å². The second-order valence-electron chi connectivity index (χ2n) is 6.86. The molecule has 2 amide bonds. The zero-order chi connectivity index (χ0) is 12.0. The van der Waals surface area contributed by atoms with E-state index in [1.807, 2.05) is 14.1 Å². The maximum absolute atomic E-state index is 12.0. The fourth-order valence-electron chi connectivity index (χ4n) is 4.68. The van der Waals surface area contributed by atoms with Gasteiger partial charge in [-0.25, -0.2) is 4.79 Å². The molecule has 17 heavy (non-hydrogen) atoms. The summed E-state index contributed by atoms with van der Waals surface area (Å²) in [5.41, 5.74) is 0.147. The third kappa shape index (κ3) is 2.04. The number of nitrogens with zero attached hydrogens (tertiary/aromatic N) is 1. The molecule has 4 aliphatic carbocycles. The van der Waals surface area contributed by atoms with Crippen molar-refractivity contribution in [1.82, 2.24) is 10.2 Å². The Morgan fingerprint density at radius 2 is 1.59 bits per heavy atom. The number of nitrogens with one attached hydrogen (secondary N) is 1. The zero-order valence-corrected chi connectivity index (χ0v) is 11.0. The molecule has 0 spiro atoms. The molecule has 0 unspecified atom stereocenters. The highest BCUT2D eigenvalue weighted by Crippen LogP contribution is 2.53. The molecule has 96 valence electrons. The standard InChI is InChI=1S/C14H24N2O/c1-16(2)13(17)15-14-7-10-3-4-11(8-14)6-12(5-10)9-14/h10-12H,3-9H2,1-2H3,(H,15,17)/t10-,11-,12?,14?/m0/s1. The van der Waals surface area contributed by atoms with E-state index in [0.29, 0.717) is 0 Å². The molecule has 3 heteroatoms. The van der Waals surface area contributed by atoms with E-state index in [1.54, 1.807) is 4.90 Å². The Bertz CT molecular complexity index is 310. The number of amides is 2. The Labute approximate surface area is 104 Å². The van der Waals surface area contributed by atoms with Crippen LogP contribution in [0.2, 0.25) is 0 Å². The maximum atomic E-state index is 12.0. The fraction of sp³-hybridized carbons (Fsp3) is 0.929. The summed E-state index contributed by atoms with van der Waals surface area (Å²) in [6.07, 6.45) is 9.37. The number of rotatable bonds is 1. The van der Waals surface area contributed by atoms with E-state index >= 15 is 0 Å². The lowest BCUT2D eigenvalue weighted by molar-refractivity contribution is 0.0763. The highest BCUT2D eigenvalue weighted by molar-refractivity contribution is 5.74. The van der Waals surface area contributed by atoms with E-state index in [2.05, 4.69) is 5.32 Å². The van der Waals surface area contributed by atoms with Crippen LogP contribution >= 0.6 is 0 Å². The van der Waals surface area contributed by atoms with Crippen LogP contribution in [0.1, 0.15) is 44.9 Å². The first-order valence-corrected chi connectivity index (χ1v) is 7.06. The molecular formula is C14H24N2O. The first-order chi connectivity index (χ1) is 8.06. The number of carbonyl (C=O) groups excluding carboxylic acids is 1. The lowest BCUT2D eigenvalue weighted by Gasteiger charge is -2.49. The van der Waals surface area contributed by atoms with Crippen LogP contribution in [0.5, 0.6) is 0 Å². The number of fused-ring (bicyclic) bond motifs is 1. The molecule has 0 heterocycles. The molecule has 4 bridgehead atoms. The Kier molecular flexibility index (Phi) is 2.60. The summed E-state index contributed by atoms with van der Waals surface area (Å²) in [5, 5.41) is 3.35. The van der Waals surface area contributed by atoms with Gasteiger partial charge in [0.2, 0.25) is 0 Å². The van der Waals surface area contributed by atoms with Gasteiger partial charge in [-0.05, 0) is 49.9 Å². The summed E-state index contributed by atoms with van der Waals surface area (Å²) in [6, 6.07) is 0.104. The zero-order valence-electron chi connectivity index (χ0n) is 11.0. The van der Waals surface area contributed by atoms with Gasteiger partial charge in [0.05, 0.1) is 0 Å². The second-order valence-corrected chi connectivity index (χ2v) is 6.86. The van der Waals surface area contributed by atoms with Crippen molar-refractivity contribution in [3.8, 4) is 0 Å². The molecule has 4 saturated carbocycles. The summed E-state index contributed by atoms with van der Waals surface area (Å²) in [5.74, 6) is 2.64. The molecule has 1 N–H and O–H groups in total. The normalized spacial score (nSPS) is 43.3. The van der Waals surface area contributed by atoms with E-state index in [4.69, 9.17) is 0 Å². The maximum Gasteiger partial charge on any atom is 0.317 e. The Hall–Kier alpha value is -0.730. The molecule has 0 aromatic rings. The minimum absolute atomic E-state index is 0.104. The largest absolute Gasteiger partial charge is 0.333 e. The van der Waals surface area contributed by atoms with Crippen molar-refractivity contribution in [3.05, 3.63) is 0 Å². The predicted octanol–water partition coefficient (Wildman–Crippen LogP) is 2.62. The van der Waals surface area contributed by atoms with Gasteiger partial charge in [-0.1, -0.05) is 12.8 Å². The molecule has 4 fully saturated rings. The molecule has 0 radical (unpaired) electrons. The van der Waals surface area contributed by atoms with E-state index in [9.17, 15) is 4.79 Å². The molecule has 3 nitrogen and oxygen atoms in total. The SMILES string of the molecule is CN(C)C(=O)NC12CC3C[C@H](CC[C@@H](C3)C1)C2. The Morgan fingerprint density at radius 1 is 1.06 bits per heavy atom. The van der Waals surface area contributed by atoms with Crippen molar-refractivity contribution in [1.29, 1.82) is 0 Å². The van der Waals surface area contributed by atoms with Gasteiger partial charge in [0.15, 0.2) is 0 Å². The summed E-state index contributed by atoms with van der Waals surface area (Å²) in [4.78, 5) is 13.6. The van der Waals surface area contributed by atoms with Gasteiger partial charge in [0.1, 0.15) is 0 Å². The van der Waals surface area contributed by atoms with Crippen LogP contribution in [0.3, 0.4) is 0 Å². The third-order valence-corrected chi connectivity index (χ3v) is 5.13. The van der Waals surface area contributed by atoms with Crippen LogP contribution in [0.4, 0.5) is 4.79 Å². The van der Waals surface area contributed by atoms with Crippen LogP contribution in [0.25, 0.3) is 0 Å². The average molecular weight is 236 g/mol. The number of urea groups is 1. The number of hydrogen-bond donors (Lipinski definition) is 1. The first-order valence-electron chi connectivity index (χ1n) is 7.06. The summed E-state index contributed by atoms with van der Waals surface area (Å²) < 4.78 is 0. The highest BCUT2D eigenvalue weighted by atomic mass is 16.2. The highest BCUT2D eigenvalue weighted by Gasteiger charge is 2.49. The van der Waals surface area contributed by atoms with Crippen molar-refractivity contribution in [2.24, 2.45) is 17.8 Å². The quantitative estimate of drug-likeness (QED) is 0.745. The topological polar surface area (TPSA) is 32.3 Å². The second kappa shape index (κ2) is 3.89. The lowest BCUT2D eigenvalue weighted by Crippen LogP contribution is -2.57. The van der Waals surface area contributed by atoms with Gasteiger partial charge in [-0.3, -0.25) is 0 Å². The van der Waals surface area contributed by atoms with E-state index in [0.717, 1.165) is 17.8 Å². The summed E-state index contributed by atoms with van der Waals surface area (Å²) in [6.45, 7) is 0. The minimum atomic E-state index is 0.104. The molecule has 0 aliphatic heterocycles. The van der Waals surface area contributed by atoms with Crippen molar-refractivity contribution in [3.63, 3.8) is 0 Å². The molecule has 0 saturated heterocycles. The average Bonchev–Trinajstić information content (AvgIpc) is 2.44. The summed E-state index contributed by atoms with van der Waals surface area (Å²) >= 11 is 0. The van der Waals surface area contributed by atoms with E-state index in [-0.39, 0.29) is 11.6 Å². The molecule has 2 atom stereocenters. The van der Waals surface area contributed by atoms with Crippen molar-refractivity contribution >= 4 is 6.03 Å². The van der Waals surface area contributed by atoms with Crippen molar-refractivity contribution in [2.75, 3.05) is 14.1 Å². The monoisotopic (exact) mass is 236 g/mol. The van der Waals surface area contributed by atoms with Crippen LogP contribution in [-0.4, -0.2) is 30.6 Å². The van der Waals surface area contributed by atoms with Gasteiger partial charge in [0, 0.05) is 19.6 Å². The van der Waals surface area contributed by atoms with Crippen molar-refractivity contribution < 1.29 is 4.79 Å².